The molecule has 21 heavy (non-hydrogen) atoms. The number of aliphatic hydroxyl groups is 1. The minimum atomic E-state index is -0.520. The number of rotatable bonds is 4. The lowest BCUT2D eigenvalue weighted by atomic mass is 10.1. The van der Waals surface area contributed by atoms with Crippen molar-refractivity contribution in [1.82, 2.24) is 0 Å². The van der Waals surface area contributed by atoms with Gasteiger partial charge < -0.3 is 9.84 Å². The summed E-state index contributed by atoms with van der Waals surface area (Å²) in [5, 5.41) is 10.1. The highest BCUT2D eigenvalue weighted by Gasteiger charge is 2.11. The maximum Gasteiger partial charge on any atom is 0.138 e. The van der Waals surface area contributed by atoms with Gasteiger partial charge in [0.05, 0.1) is 11.1 Å². The second kappa shape index (κ2) is 6.08. The summed E-state index contributed by atoms with van der Waals surface area (Å²) in [6, 6.07) is 12.0. The van der Waals surface area contributed by atoms with Gasteiger partial charge in [0.1, 0.15) is 12.4 Å². The third-order valence-electron chi connectivity index (χ3n) is 4.00. The second-order valence-corrected chi connectivity index (χ2v) is 6.02. The average molecular weight is 303 g/mol. The molecule has 2 aromatic carbocycles. The van der Waals surface area contributed by atoms with Crippen molar-refractivity contribution in [2.75, 3.05) is 0 Å². The lowest BCUT2D eigenvalue weighted by Crippen LogP contribution is -1.98. The number of halogens is 1. The predicted molar refractivity (Wildman–Crippen MR) is 84.9 cm³/mol. The van der Waals surface area contributed by atoms with Gasteiger partial charge >= 0.3 is 0 Å². The van der Waals surface area contributed by atoms with Gasteiger partial charge in [0.25, 0.3) is 0 Å². The zero-order valence-electron chi connectivity index (χ0n) is 12.1. The fourth-order valence-corrected chi connectivity index (χ4v) is 3.01. The van der Waals surface area contributed by atoms with Crippen molar-refractivity contribution >= 4 is 11.6 Å². The Hall–Kier alpha value is -1.51. The molecule has 0 bridgehead atoms. The predicted octanol–water partition coefficient (Wildman–Crippen LogP) is 4.46. The summed E-state index contributed by atoms with van der Waals surface area (Å²) >= 11 is 6.20. The average Bonchev–Trinajstić information content (AvgIpc) is 2.93. The van der Waals surface area contributed by atoms with Crippen LogP contribution in [0.4, 0.5) is 0 Å². The van der Waals surface area contributed by atoms with E-state index in [-0.39, 0.29) is 0 Å². The first-order valence-corrected chi connectivity index (χ1v) is 7.72. The van der Waals surface area contributed by atoms with E-state index in [2.05, 4.69) is 18.2 Å². The third-order valence-corrected chi connectivity index (χ3v) is 4.29. The standard InChI is InChI=1S/C18H19ClO2/c1-12(20)15-7-8-18(17(19)10-15)21-11-13-5-6-14-3-2-4-16(14)9-13/h5-10,12,20H,2-4,11H2,1H3/t12-/m1/s1. The maximum absolute atomic E-state index is 9.54. The first kappa shape index (κ1) is 14.4. The third kappa shape index (κ3) is 3.22. The highest BCUT2D eigenvalue weighted by molar-refractivity contribution is 6.32. The van der Waals surface area contributed by atoms with Gasteiger partial charge in [0.2, 0.25) is 0 Å². The maximum atomic E-state index is 9.54. The van der Waals surface area contributed by atoms with Crippen molar-refractivity contribution < 1.29 is 9.84 Å². The van der Waals surface area contributed by atoms with Crippen LogP contribution in [0.3, 0.4) is 0 Å². The molecular formula is C18H19ClO2. The molecule has 1 aliphatic rings. The molecule has 1 N–H and O–H groups in total. The van der Waals surface area contributed by atoms with E-state index in [0.717, 1.165) is 5.56 Å². The topological polar surface area (TPSA) is 29.5 Å². The Balaban J connectivity index is 1.70. The number of aliphatic hydroxyl groups excluding tert-OH is 1. The summed E-state index contributed by atoms with van der Waals surface area (Å²) in [7, 11) is 0. The summed E-state index contributed by atoms with van der Waals surface area (Å²) in [4.78, 5) is 0. The SMILES string of the molecule is C[C@@H](O)c1ccc(OCc2ccc3c(c2)CCC3)c(Cl)c1. The van der Waals surface area contributed by atoms with Crippen molar-refractivity contribution in [3.63, 3.8) is 0 Å². The van der Waals surface area contributed by atoms with Crippen LogP contribution in [-0.4, -0.2) is 5.11 Å². The summed E-state index contributed by atoms with van der Waals surface area (Å²) in [6.45, 7) is 2.23. The molecule has 0 fully saturated rings. The fraction of sp³-hybridized carbons (Fsp3) is 0.333. The molecule has 0 amide bonds. The van der Waals surface area contributed by atoms with Crippen LogP contribution in [0.2, 0.25) is 5.02 Å². The molecule has 0 spiro atoms. The van der Waals surface area contributed by atoms with E-state index in [1.165, 1.54) is 36.0 Å². The van der Waals surface area contributed by atoms with Crippen LogP contribution in [0.25, 0.3) is 0 Å². The van der Waals surface area contributed by atoms with E-state index in [1.54, 1.807) is 13.0 Å². The number of hydrogen-bond donors (Lipinski definition) is 1. The Morgan fingerprint density at radius 1 is 1.14 bits per heavy atom. The highest BCUT2D eigenvalue weighted by Crippen LogP contribution is 2.29. The molecule has 2 nitrogen and oxygen atoms in total. The quantitative estimate of drug-likeness (QED) is 0.903. The van der Waals surface area contributed by atoms with Crippen LogP contribution in [-0.2, 0) is 19.4 Å². The van der Waals surface area contributed by atoms with Crippen LogP contribution in [0.15, 0.2) is 36.4 Å². The molecule has 0 unspecified atom stereocenters. The summed E-state index contributed by atoms with van der Waals surface area (Å²) < 4.78 is 5.80. The molecule has 0 saturated heterocycles. The van der Waals surface area contributed by atoms with E-state index in [1.807, 2.05) is 12.1 Å². The van der Waals surface area contributed by atoms with E-state index in [4.69, 9.17) is 16.3 Å². The van der Waals surface area contributed by atoms with Crippen molar-refractivity contribution in [3.05, 3.63) is 63.7 Å². The molecule has 1 aliphatic carbocycles. The van der Waals surface area contributed by atoms with Crippen molar-refractivity contribution in [2.24, 2.45) is 0 Å². The van der Waals surface area contributed by atoms with E-state index in [9.17, 15) is 5.11 Å². The van der Waals surface area contributed by atoms with Crippen molar-refractivity contribution in [2.45, 2.75) is 38.9 Å². The second-order valence-electron chi connectivity index (χ2n) is 5.61. The monoisotopic (exact) mass is 302 g/mol. The lowest BCUT2D eigenvalue weighted by molar-refractivity contribution is 0.199. The van der Waals surface area contributed by atoms with Gasteiger partial charge in [-0.15, -0.1) is 0 Å². The molecule has 0 saturated carbocycles. The van der Waals surface area contributed by atoms with Gasteiger partial charge in [-0.05, 0) is 60.6 Å². The van der Waals surface area contributed by atoms with Crippen molar-refractivity contribution in [3.8, 4) is 5.75 Å². The van der Waals surface area contributed by atoms with E-state index >= 15 is 0 Å². The number of aryl methyl sites for hydroxylation is 2. The Labute approximate surface area is 130 Å². The lowest BCUT2D eigenvalue weighted by Gasteiger charge is -2.11. The number of ether oxygens (including phenoxy) is 1. The van der Waals surface area contributed by atoms with Gasteiger partial charge in [-0.1, -0.05) is 35.9 Å². The van der Waals surface area contributed by atoms with Gasteiger partial charge in [-0.2, -0.15) is 0 Å². The van der Waals surface area contributed by atoms with Gasteiger partial charge in [0.15, 0.2) is 0 Å². The Bertz CT molecular complexity index is 650. The van der Waals surface area contributed by atoms with Crippen LogP contribution >= 0.6 is 11.6 Å². The largest absolute Gasteiger partial charge is 0.487 e. The molecule has 3 rings (SSSR count). The smallest absolute Gasteiger partial charge is 0.138 e. The molecule has 0 heterocycles. The van der Waals surface area contributed by atoms with Crippen LogP contribution in [0, 0.1) is 0 Å². The zero-order valence-corrected chi connectivity index (χ0v) is 12.9. The molecular weight excluding hydrogens is 284 g/mol. The number of fused-ring (bicyclic) bond motifs is 1. The summed E-state index contributed by atoms with van der Waals surface area (Å²) in [6.07, 6.45) is 3.11. The summed E-state index contributed by atoms with van der Waals surface area (Å²) in [5.74, 6) is 0.654. The first-order chi connectivity index (χ1) is 10.1. The van der Waals surface area contributed by atoms with E-state index < -0.39 is 6.10 Å². The molecule has 0 aromatic heterocycles. The molecule has 110 valence electrons. The molecule has 0 aliphatic heterocycles. The van der Waals surface area contributed by atoms with Crippen LogP contribution in [0.5, 0.6) is 5.75 Å². The Kier molecular flexibility index (Phi) is 4.18. The Morgan fingerprint density at radius 3 is 2.71 bits per heavy atom. The van der Waals surface area contributed by atoms with Crippen molar-refractivity contribution in [1.29, 1.82) is 0 Å². The minimum Gasteiger partial charge on any atom is -0.487 e. The van der Waals surface area contributed by atoms with Gasteiger partial charge in [-0.3, -0.25) is 0 Å². The Morgan fingerprint density at radius 2 is 1.95 bits per heavy atom. The van der Waals surface area contributed by atoms with Gasteiger partial charge in [-0.25, -0.2) is 0 Å². The number of benzene rings is 2. The molecule has 1 atom stereocenters. The zero-order chi connectivity index (χ0) is 14.8. The van der Waals surface area contributed by atoms with Gasteiger partial charge in [0, 0.05) is 0 Å². The highest BCUT2D eigenvalue weighted by atomic mass is 35.5. The van der Waals surface area contributed by atoms with Crippen LogP contribution < -0.4 is 4.74 Å². The molecule has 0 radical (unpaired) electrons. The minimum absolute atomic E-state index is 0.515. The number of hydrogen-bond acceptors (Lipinski definition) is 2. The normalized spacial score (nSPS) is 14.8. The summed E-state index contributed by atoms with van der Waals surface area (Å²) in [5.41, 5.74) is 4.89. The fourth-order valence-electron chi connectivity index (χ4n) is 2.77. The first-order valence-electron chi connectivity index (χ1n) is 7.34. The van der Waals surface area contributed by atoms with E-state index in [0.29, 0.717) is 17.4 Å². The molecule has 2 aromatic rings. The van der Waals surface area contributed by atoms with Crippen LogP contribution in [0.1, 0.15) is 41.7 Å². The molecule has 3 heteroatoms.